The summed E-state index contributed by atoms with van der Waals surface area (Å²) in [6, 6.07) is 6.45. The van der Waals surface area contributed by atoms with E-state index in [1.165, 1.54) is 6.07 Å². The Morgan fingerprint density at radius 3 is 2.95 bits per heavy atom. The number of hydrogen-bond acceptors (Lipinski definition) is 3. The molecule has 0 aliphatic carbocycles. The van der Waals surface area contributed by atoms with Crippen LogP contribution in [0.4, 0.5) is 4.39 Å². The molecule has 1 N–H and O–H groups in total. The van der Waals surface area contributed by atoms with Crippen molar-refractivity contribution in [3.05, 3.63) is 53.1 Å². The Kier molecular flexibility index (Phi) is 4.26. The molecule has 2 aromatic rings. The predicted octanol–water partition coefficient (Wildman–Crippen LogP) is 1.76. The van der Waals surface area contributed by atoms with E-state index in [0.717, 1.165) is 18.5 Å². The topological polar surface area (TPSA) is 53.6 Å². The van der Waals surface area contributed by atoms with Gasteiger partial charge in [-0.25, -0.2) is 4.39 Å². The molecule has 1 heterocycles. The molecule has 0 saturated heterocycles. The Morgan fingerprint density at radius 1 is 1.47 bits per heavy atom. The summed E-state index contributed by atoms with van der Waals surface area (Å²) in [6.45, 7) is 1.21. The van der Waals surface area contributed by atoms with E-state index < -0.39 is 0 Å². The van der Waals surface area contributed by atoms with Gasteiger partial charge in [0.05, 0.1) is 17.8 Å². The fourth-order valence-electron chi connectivity index (χ4n) is 1.82. The van der Waals surface area contributed by atoms with Crippen LogP contribution >= 0.6 is 0 Å². The smallest absolute Gasteiger partial charge is 0.129 e. The molecule has 19 heavy (non-hydrogen) atoms. The molecule has 0 spiro atoms. The monoisotopic (exact) mass is 258 g/mol. The van der Waals surface area contributed by atoms with Crippen LogP contribution in [0.5, 0.6) is 0 Å². The maximum Gasteiger partial charge on any atom is 0.129 e. The van der Waals surface area contributed by atoms with Crippen LogP contribution in [0.3, 0.4) is 0 Å². The highest BCUT2D eigenvalue weighted by Crippen LogP contribution is 2.09. The van der Waals surface area contributed by atoms with E-state index in [1.807, 2.05) is 25.5 Å². The van der Waals surface area contributed by atoms with E-state index in [2.05, 4.69) is 10.4 Å². The van der Waals surface area contributed by atoms with Crippen LogP contribution in [0.2, 0.25) is 0 Å². The quantitative estimate of drug-likeness (QED) is 0.831. The zero-order valence-electron chi connectivity index (χ0n) is 10.7. The molecule has 0 fully saturated rings. The number of halogens is 1. The second-order valence-electron chi connectivity index (χ2n) is 4.37. The third-order valence-corrected chi connectivity index (χ3v) is 2.85. The zero-order chi connectivity index (χ0) is 13.7. The van der Waals surface area contributed by atoms with E-state index in [9.17, 15) is 4.39 Å². The fourth-order valence-corrected chi connectivity index (χ4v) is 1.82. The molecule has 0 unspecified atom stereocenters. The molecule has 98 valence electrons. The third-order valence-electron chi connectivity index (χ3n) is 2.85. The fraction of sp³-hybridized carbons (Fsp3) is 0.286. The third kappa shape index (κ3) is 3.63. The molecule has 0 saturated carbocycles. The number of benzene rings is 1. The molecule has 1 aromatic heterocycles. The van der Waals surface area contributed by atoms with Gasteiger partial charge in [-0.05, 0) is 30.7 Å². The van der Waals surface area contributed by atoms with Gasteiger partial charge in [-0.1, -0.05) is 6.07 Å². The molecule has 4 nitrogen and oxygen atoms in total. The first-order valence-electron chi connectivity index (χ1n) is 6.06. The van der Waals surface area contributed by atoms with E-state index in [-0.39, 0.29) is 5.82 Å². The molecule has 0 bridgehead atoms. The second kappa shape index (κ2) is 6.12. The summed E-state index contributed by atoms with van der Waals surface area (Å²) in [6.07, 6.45) is 4.64. The lowest BCUT2D eigenvalue weighted by Crippen LogP contribution is -2.17. The lowest BCUT2D eigenvalue weighted by molar-refractivity contribution is 0.588. The van der Waals surface area contributed by atoms with Crippen LogP contribution in [0, 0.1) is 17.1 Å². The highest BCUT2D eigenvalue weighted by atomic mass is 19.1. The van der Waals surface area contributed by atoms with Crippen molar-refractivity contribution in [3.63, 3.8) is 0 Å². The maximum absolute atomic E-state index is 13.6. The van der Waals surface area contributed by atoms with Crippen molar-refractivity contribution in [1.82, 2.24) is 15.1 Å². The average molecular weight is 258 g/mol. The first-order chi connectivity index (χ1) is 9.19. The summed E-state index contributed by atoms with van der Waals surface area (Å²) in [4.78, 5) is 0. The Balaban J connectivity index is 1.81. The van der Waals surface area contributed by atoms with Crippen LogP contribution in [0.1, 0.15) is 16.7 Å². The highest BCUT2D eigenvalue weighted by molar-refractivity contribution is 5.32. The van der Waals surface area contributed by atoms with Gasteiger partial charge in [0.15, 0.2) is 0 Å². The Hall–Kier alpha value is -2.19. The lowest BCUT2D eigenvalue weighted by atomic mass is 10.1. The predicted molar refractivity (Wildman–Crippen MR) is 69.7 cm³/mol. The molecular formula is C14H15FN4. The molecule has 2 rings (SSSR count). The Labute approximate surface area is 111 Å². The summed E-state index contributed by atoms with van der Waals surface area (Å²) >= 11 is 0. The first kappa shape index (κ1) is 13.2. The zero-order valence-corrected chi connectivity index (χ0v) is 10.7. The van der Waals surface area contributed by atoms with Gasteiger partial charge in [0, 0.05) is 25.4 Å². The summed E-state index contributed by atoms with van der Waals surface area (Å²) in [5.74, 6) is -0.340. The van der Waals surface area contributed by atoms with Crippen molar-refractivity contribution in [2.45, 2.75) is 13.0 Å². The van der Waals surface area contributed by atoms with Gasteiger partial charge >= 0.3 is 0 Å². The van der Waals surface area contributed by atoms with Crippen LogP contribution in [-0.2, 0) is 20.0 Å². The molecule has 1 aromatic carbocycles. The van der Waals surface area contributed by atoms with Crippen molar-refractivity contribution < 1.29 is 4.39 Å². The number of nitriles is 1. The molecule has 0 aliphatic heterocycles. The van der Waals surface area contributed by atoms with E-state index >= 15 is 0 Å². The van der Waals surface area contributed by atoms with Gasteiger partial charge in [0.1, 0.15) is 5.82 Å². The summed E-state index contributed by atoms with van der Waals surface area (Å²) in [5.41, 5.74) is 2.07. The van der Waals surface area contributed by atoms with Gasteiger partial charge in [-0.2, -0.15) is 10.4 Å². The number of rotatable bonds is 5. The van der Waals surface area contributed by atoms with Crippen LogP contribution in [0.25, 0.3) is 0 Å². The Morgan fingerprint density at radius 2 is 2.32 bits per heavy atom. The number of aromatic nitrogens is 2. The summed E-state index contributed by atoms with van der Waals surface area (Å²) < 4.78 is 15.3. The van der Waals surface area contributed by atoms with Crippen LogP contribution in [0.15, 0.2) is 30.6 Å². The van der Waals surface area contributed by atoms with E-state index in [4.69, 9.17) is 5.26 Å². The first-order valence-corrected chi connectivity index (χ1v) is 6.06. The highest BCUT2D eigenvalue weighted by Gasteiger charge is 2.03. The van der Waals surface area contributed by atoms with Crippen LogP contribution in [-0.4, -0.2) is 16.3 Å². The minimum Gasteiger partial charge on any atom is -0.312 e. The number of hydrogen-bond donors (Lipinski definition) is 1. The number of nitrogens with one attached hydrogen (secondary N) is 1. The summed E-state index contributed by atoms with van der Waals surface area (Å²) in [5, 5.41) is 15.9. The minimum atomic E-state index is -0.340. The SMILES string of the molecule is Cn1cc(CCNCc2ccc(C#N)cc2F)cn1. The molecule has 0 amide bonds. The average Bonchev–Trinajstić information content (AvgIpc) is 2.82. The van der Waals surface area contributed by atoms with Gasteiger partial charge in [-0.15, -0.1) is 0 Å². The Bertz CT molecular complexity index is 598. The van der Waals surface area contributed by atoms with Gasteiger partial charge < -0.3 is 5.32 Å². The van der Waals surface area contributed by atoms with Crippen molar-refractivity contribution in [3.8, 4) is 6.07 Å². The van der Waals surface area contributed by atoms with E-state index in [1.54, 1.807) is 16.8 Å². The second-order valence-corrected chi connectivity index (χ2v) is 4.37. The molecular weight excluding hydrogens is 243 g/mol. The largest absolute Gasteiger partial charge is 0.312 e. The van der Waals surface area contributed by atoms with E-state index in [0.29, 0.717) is 17.7 Å². The maximum atomic E-state index is 13.6. The standard InChI is InChI=1S/C14H15FN4/c1-19-10-12(8-18-19)4-5-17-9-13-3-2-11(7-16)6-14(13)15/h2-3,6,8,10,17H,4-5,9H2,1H3. The molecule has 5 heteroatoms. The molecule has 0 aliphatic rings. The van der Waals surface area contributed by atoms with Gasteiger partial charge in [0.2, 0.25) is 0 Å². The lowest BCUT2D eigenvalue weighted by Gasteiger charge is -2.05. The molecule has 0 radical (unpaired) electrons. The minimum absolute atomic E-state index is 0.340. The number of nitrogens with zero attached hydrogens (tertiary/aromatic N) is 3. The molecule has 0 atom stereocenters. The van der Waals surface area contributed by atoms with Crippen molar-refractivity contribution >= 4 is 0 Å². The van der Waals surface area contributed by atoms with Crippen molar-refractivity contribution in [1.29, 1.82) is 5.26 Å². The van der Waals surface area contributed by atoms with Crippen LogP contribution < -0.4 is 5.32 Å². The normalized spacial score (nSPS) is 10.4. The van der Waals surface area contributed by atoms with Gasteiger partial charge in [0.25, 0.3) is 0 Å². The van der Waals surface area contributed by atoms with Gasteiger partial charge in [-0.3, -0.25) is 4.68 Å². The van der Waals surface area contributed by atoms with Crippen molar-refractivity contribution in [2.24, 2.45) is 7.05 Å². The number of aryl methyl sites for hydroxylation is 1. The van der Waals surface area contributed by atoms with Crippen molar-refractivity contribution in [2.75, 3.05) is 6.54 Å². The summed E-state index contributed by atoms with van der Waals surface area (Å²) in [7, 11) is 1.88.